The van der Waals surface area contributed by atoms with Crippen LogP contribution in [0.2, 0.25) is 0 Å². The molecule has 3 fully saturated rings. The topological polar surface area (TPSA) is 26.3 Å². The molecule has 0 aromatic carbocycles. The third-order valence-corrected chi connectivity index (χ3v) is 6.72. The van der Waals surface area contributed by atoms with Gasteiger partial charge in [-0.25, -0.2) is 0 Å². The molecule has 0 aromatic rings. The Hall–Kier alpha value is -0.530. The minimum absolute atomic E-state index is 0.0900. The largest absolute Gasteiger partial charge is 0.460 e. The molecule has 0 aliphatic heterocycles. The minimum Gasteiger partial charge on any atom is -0.460 e. The van der Waals surface area contributed by atoms with Gasteiger partial charge in [0.05, 0.1) is 5.92 Å². The standard InChI is InChI=1S/C20H34O2/c1-6-8-13-9-12(7-2)18-15-10-14(17(13)18)11-16(15)19(21)22-20(3,4)5/h12-18H,6-11H2,1-5H3. The predicted octanol–water partition coefficient (Wildman–Crippen LogP) is 5.06. The summed E-state index contributed by atoms with van der Waals surface area (Å²) in [6.45, 7) is 10.6. The lowest BCUT2D eigenvalue weighted by molar-refractivity contribution is -0.163. The van der Waals surface area contributed by atoms with Crippen molar-refractivity contribution in [2.45, 2.75) is 78.7 Å². The molecule has 3 rings (SSSR count). The summed E-state index contributed by atoms with van der Waals surface area (Å²) in [5, 5.41) is 0. The molecule has 7 atom stereocenters. The van der Waals surface area contributed by atoms with Crippen LogP contribution in [0.3, 0.4) is 0 Å². The van der Waals surface area contributed by atoms with Gasteiger partial charge < -0.3 is 4.74 Å². The first-order valence-electron chi connectivity index (χ1n) is 9.58. The molecule has 0 N–H and O–H groups in total. The molecule has 7 unspecified atom stereocenters. The maximum atomic E-state index is 12.6. The monoisotopic (exact) mass is 306 g/mol. The van der Waals surface area contributed by atoms with E-state index in [0.29, 0.717) is 5.92 Å². The first-order valence-corrected chi connectivity index (χ1v) is 9.58. The number of ether oxygens (including phenoxy) is 1. The number of hydrogen-bond acceptors (Lipinski definition) is 2. The highest BCUT2D eigenvalue weighted by Crippen LogP contribution is 2.65. The Morgan fingerprint density at radius 2 is 1.77 bits per heavy atom. The maximum Gasteiger partial charge on any atom is 0.309 e. The second-order valence-electron chi connectivity index (χ2n) is 9.14. The van der Waals surface area contributed by atoms with Crippen LogP contribution in [0.1, 0.15) is 73.1 Å². The Morgan fingerprint density at radius 3 is 2.36 bits per heavy atom. The van der Waals surface area contributed by atoms with Gasteiger partial charge in [0.2, 0.25) is 0 Å². The molecule has 22 heavy (non-hydrogen) atoms. The van der Waals surface area contributed by atoms with Crippen LogP contribution >= 0.6 is 0 Å². The fourth-order valence-corrected chi connectivity index (χ4v) is 6.28. The van der Waals surface area contributed by atoms with Crippen molar-refractivity contribution in [3.63, 3.8) is 0 Å². The fourth-order valence-electron chi connectivity index (χ4n) is 6.28. The van der Waals surface area contributed by atoms with E-state index < -0.39 is 0 Å². The highest BCUT2D eigenvalue weighted by molar-refractivity contribution is 5.74. The quantitative estimate of drug-likeness (QED) is 0.678. The van der Waals surface area contributed by atoms with Gasteiger partial charge in [0.25, 0.3) is 0 Å². The molecule has 2 heteroatoms. The number of carbonyl (C=O) groups is 1. The summed E-state index contributed by atoms with van der Waals surface area (Å²) in [5.41, 5.74) is -0.344. The zero-order chi connectivity index (χ0) is 16.1. The van der Waals surface area contributed by atoms with Crippen molar-refractivity contribution in [2.24, 2.45) is 41.4 Å². The Bertz CT molecular complexity index is 422. The Balaban J connectivity index is 1.74. The van der Waals surface area contributed by atoms with Crippen molar-refractivity contribution in [3.05, 3.63) is 0 Å². The molecular weight excluding hydrogens is 272 g/mol. The van der Waals surface area contributed by atoms with E-state index in [1.54, 1.807) is 0 Å². The van der Waals surface area contributed by atoms with E-state index in [1.165, 1.54) is 32.1 Å². The molecule has 3 saturated carbocycles. The molecule has 126 valence electrons. The van der Waals surface area contributed by atoms with Crippen LogP contribution in [0.4, 0.5) is 0 Å². The second kappa shape index (κ2) is 5.83. The highest BCUT2D eigenvalue weighted by Gasteiger charge is 2.61. The predicted molar refractivity (Wildman–Crippen MR) is 89.3 cm³/mol. The van der Waals surface area contributed by atoms with E-state index in [4.69, 9.17) is 4.74 Å². The van der Waals surface area contributed by atoms with E-state index >= 15 is 0 Å². The SMILES string of the molecule is CCCC1CC(CC)C2C3CC(CC3C(=O)OC(C)(C)C)C12. The highest BCUT2D eigenvalue weighted by atomic mass is 16.6. The summed E-state index contributed by atoms with van der Waals surface area (Å²) < 4.78 is 5.73. The molecule has 0 aromatic heterocycles. The van der Waals surface area contributed by atoms with Crippen LogP contribution in [0.5, 0.6) is 0 Å². The molecule has 0 amide bonds. The number of hydrogen-bond donors (Lipinski definition) is 0. The van der Waals surface area contributed by atoms with Gasteiger partial charge in [-0.05, 0) is 75.5 Å². The summed E-state index contributed by atoms with van der Waals surface area (Å²) >= 11 is 0. The zero-order valence-electron chi connectivity index (χ0n) is 15.1. The number of esters is 1. The first kappa shape index (κ1) is 16.3. The summed E-state index contributed by atoms with van der Waals surface area (Å²) in [4.78, 5) is 12.6. The van der Waals surface area contributed by atoms with Crippen molar-refractivity contribution >= 4 is 5.97 Å². The lowest BCUT2D eigenvalue weighted by Crippen LogP contribution is -2.37. The van der Waals surface area contributed by atoms with E-state index in [0.717, 1.165) is 36.0 Å². The molecule has 0 saturated heterocycles. The smallest absolute Gasteiger partial charge is 0.309 e. The van der Waals surface area contributed by atoms with Gasteiger partial charge in [0, 0.05) is 0 Å². The lowest BCUT2D eigenvalue weighted by Gasteiger charge is -2.36. The molecular formula is C20H34O2. The van der Waals surface area contributed by atoms with Crippen LogP contribution in [-0.2, 0) is 9.53 Å². The second-order valence-corrected chi connectivity index (χ2v) is 9.14. The summed E-state index contributed by atoms with van der Waals surface area (Å²) in [5.74, 6) is 5.26. The number of rotatable bonds is 4. The van der Waals surface area contributed by atoms with Crippen molar-refractivity contribution in [2.75, 3.05) is 0 Å². The Kier molecular flexibility index (Phi) is 4.33. The normalized spacial score (nSPS) is 43.4. The minimum atomic E-state index is -0.344. The van der Waals surface area contributed by atoms with Gasteiger partial charge in [-0.3, -0.25) is 4.79 Å². The van der Waals surface area contributed by atoms with Gasteiger partial charge in [0.1, 0.15) is 5.60 Å². The number of carbonyl (C=O) groups excluding carboxylic acids is 1. The van der Waals surface area contributed by atoms with Crippen molar-refractivity contribution < 1.29 is 9.53 Å². The van der Waals surface area contributed by atoms with Gasteiger partial charge in [-0.1, -0.05) is 33.1 Å². The fraction of sp³-hybridized carbons (Fsp3) is 0.950. The van der Waals surface area contributed by atoms with E-state index in [-0.39, 0.29) is 17.5 Å². The van der Waals surface area contributed by atoms with Crippen molar-refractivity contribution in [1.82, 2.24) is 0 Å². The van der Waals surface area contributed by atoms with Crippen LogP contribution in [0.25, 0.3) is 0 Å². The summed E-state index contributed by atoms with van der Waals surface area (Å²) in [6, 6.07) is 0. The molecule has 0 radical (unpaired) electrons. The van der Waals surface area contributed by atoms with Crippen LogP contribution in [0, 0.1) is 41.4 Å². The number of fused-ring (bicyclic) bond motifs is 5. The van der Waals surface area contributed by atoms with Crippen LogP contribution in [-0.4, -0.2) is 11.6 Å². The van der Waals surface area contributed by atoms with Gasteiger partial charge >= 0.3 is 5.97 Å². The maximum absolute atomic E-state index is 12.6. The lowest BCUT2D eigenvalue weighted by atomic mass is 9.70. The van der Waals surface area contributed by atoms with Crippen LogP contribution in [0.15, 0.2) is 0 Å². The summed E-state index contributed by atoms with van der Waals surface area (Å²) in [6.07, 6.45) is 7.85. The average molecular weight is 306 g/mol. The molecule has 0 heterocycles. The molecule has 2 bridgehead atoms. The third-order valence-electron chi connectivity index (χ3n) is 6.72. The van der Waals surface area contributed by atoms with Crippen molar-refractivity contribution in [3.8, 4) is 0 Å². The zero-order valence-corrected chi connectivity index (χ0v) is 15.1. The molecule has 3 aliphatic rings. The van der Waals surface area contributed by atoms with Gasteiger partial charge in [-0.2, -0.15) is 0 Å². The van der Waals surface area contributed by atoms with E-state index in [9.17, 15) is 4.79 Å². The van der Waals surface area contributed by atoms with Gasteiger partial charge in [0.15, 0.2) is 0 Å². The van der Waals surface area contributed by atoms with E-state index in [2.05, 4.69) is 13.8 Å². The first-order chi connectivity index (χ1) is 10.4. The average Bonchev–Trinajstić information content (AvgIpc) is 3.07. The Labute approximate surface area is 136 Å². The van der Waals surface area contributed by atoms with Gasteiger partial charge in [-0.15, -0.1) is 0 Å². The third kappa shape index (κ3) is 2.71. The summed E-state index contributed by atoms with van der Waals surface area (Å²) in [7, 11) is 0. The molecule has 0 spiro atoms. The molecule has 2 nitrogen and oxygen atoms in total. The van der Waals surface area contributed by atoms with E-state index in [1.807, 2.05) is 20.8 Å². The van der Waals surface area contributed by atoms with Crippen LogP contribution < -0.4 is 0 Å². The molecule has 3 aliphatic carbocycles. The van der Waals surface area contributed by atoms with Crippen molar-refractivity contribution in [1.29, 1.82) is 0 Å². The Morgan fingerprint density at radius 1 is 1.05 bits per heavy atom.